The second-order valence-corrected chi connectivity index (χ2v) is 8.14. The van der Waals surface area contributed by atoms with Crippen molar-refractivity contribution in [2.24, 2.45) is 0 Å². The van der Waals surface area contributed by atoms with Crippen LogP contribution >= 0.6 is 0 Å². The Balaban J connectivity index is 1.44. The summed E-state index contributed by atoms with van der Waals surface area (Å²) in [5.74, 6) is -0.502. The quantitative estimate of drug-likeness (QED) is 0.228. The third kappa shape index (κ3) is 5.27. The Hall–Kier alpha value is -3.68. The Labute approximate surface area is 193 Å². The van der Waals surface area contributed by atoms with Gasteiger partial charge in [-0.05, 0) is 67.3 Å². The number of nitrogens with zero attached hydrogens (tertiary/aromatic N) is 2. The minimum atomic E-state index is -4.43. The van der Waals surface area contributed by atoms with E-state index in [1.807, 2.05) is 25.3 Å². The van der Waals surface area contributed by atoms with E-state index >= 15 is 0 Å². The number of hydrogen-bond acceptors (Lipinski definition) is 3. The van der Waals surface area contributed by atoms with Gasteiger partial charge in [-0.3, -0.25) is 9.20 Å². The van der Waals surface area contributed by atoms with Crippen LogP contribution in [0, 0.1) is 19.7 Å². The number of carbonyl (C=O) groups is 1. The van der Waals surface area contributed by atoms with Gasteiger partial charge in [-0.15, -0.1) is 0 Å². The third-order valence-electron chi connectivity index (χ3n) is 5.46. The normalized spacial score (nSPS) is 11.7. The van der Waals surface area contributed by atoms with Crippen LogP contribution in [0.15, 0.2) is 60.8 Å². The number of aromatic nitrogens is 2. The number of rotatable bonds is 7. The molecule has 0 radical (unpaired) electrons. The highest BCUT2D eigenvalue weighted by Crippen LogP contribution is 2.27. The summed E-state index contributed by atoms with van der Waals surface area (Å²) in [7, 11) is 0. The van der Waals surface area contributed by atoms with Crippen molar-refractivity contribution in [3.05, 3.63) is 89.1 Å². The highest BCUT2D eigenvalue weighted by molar-refractivity contribution is 5.96. The van der Waals surface area contributed by atoms with Crippen LogP contribution in [0.5, 0.6) is 5.75 Å². The average molecular weight is 470 g/mol. The SMILES string of the molecule is Cc1ccn2c(C(=O)CCc3ccc(-c4ccc(OCC(F)(F)F)cc4)c(F)c3)c(C)nc2c1. The van der Waals surface area contributed by atoms with Crippen molar-refractivity contribution in [3.63, 3.8) is 0 Å². The predicted molar refractivity (Wildman–Crippen MR) is 121 cm³/mol. The summed E-state index contributed by atoms with van der Waals surface area (Å²) >= 11 is 0. The molecule has 4 rings (SSSR count). The number of hydrogen-bond donors (Lipinski definition) is 0. The van der Waals surface area contributed by atoms with Crippen molar-refractivity contribution < 1.29 is 27.1 Å². The Morgan fingerprint density at radius 2 is 1.76 bits per heavy atom. The van der Waals surface area contributed by atoms with Gasteiger partial charge >= 0.3 is 6.18 Å². The lowest BCUT2D eigenvalue weighted by Crippen LogP contribution is -2.19. The van der Waals surface area contributed by atoms with Crippen molar-refractivity contribution in [1.29, 1.82) is 0 Å². The van der Waals surface area contributed by atoms with Crippen molar-refractivity contribution in [3.8, 4) is 16.9 Å². The number of Topliss-reactive ketones (excluding diaryl/α,β-unsaturated/α-hetero) is 1. The molecule has 0 aliphatic carbocycles. The largest absolute Gasteiger partial charge is 0.484 e. The van der Waals surface area contributed by atoms with Crippen LogP contribution in [0.4, 0.5) is 17.6 Å². The smallest absolute Gasteiger partial charge is 0.422 e. The molecule has 0 spiro atoms. The van der Waals surface area contributed by atoms with Gasteiger partial charge in [0.1, 0.15) is 22.9 Å². The van der Waals surface area contributed by atoms with Crippen LogP contribution < -0.4 is 4.74 Å². The first-order valence-electron chi connectivity index (χ1n) is 10.7. The highest BCUT2D eigenvalue weighted by atomic mass is 19.4. The Morgan fingerprint density at radius 3 is 2.44 bits per heavy atom. The fraction of sp³-hybridized carbons (Fsp3) is 0.231. The number of ketones is 1. The standard InChI is InChI=1S/C26H22F4N2O2/c1-16-11-12-32-24(13-16)31-17(2)25(32)23(33)10-4-18-3-9-21(22(27)14-18)19-5-7-20(8-6-19)34-15-26(28,29)30/h3,5-9,11-14H,4,10,15H2,1-2H3. The summed E-state index contributed by atoms with van der Waals surface area (Å²) in [5, 5.41) is 0. The van der Waals surface area contributed by atoms with Crippen LogP contribution in [0.1, 0.15) is 33.7 Å². The fourth-order valence-electron chi connectivity index (χ4n) is 3.82. The van der Waals surface area contributed by atoms with E-state index in [1.165, 1.54) is 30.3 Å². The molecule has 8 heteroatoms. The van der Waals surface area contributed by atoms with E-state index in [0.717, 1.165) is 5.56 Å². The fourth-order valence-corrected chi connectivity index (χ4v) is 3.82. The number of benzene rings is 2. The molecule has 0 amide bonds. The van der Waals surface area contributed by atoms with Gasteiger partial charge in [0.15, 0.2) is 12.4 Å². The van der Waals surface area contributed by atoms with Crippen LogP contribution in [0.2, 0.25) is 0 Å². The highest BCUT2D eigenvalue weighted by Gasteiger charge is 2.28. The molecule has 2 heterocycles. The van der Waals surface area contributed by atoms with Gasteiger partial charge in [0.05, 0.1) is 5.69 Å². The number of imidazole rings is 1. The lowest BCUT2D eigenvalue weighted by molar-refractivity contribution is -0.153. The zero-order valence-electron chi connectivity index (χ0n) is 18.6. The van der Waals surface area contributed by atoms with E-state index in [4.69, 9.17) is 0 Å². The lowest BCUT2D eigenvalue weighted by atomic mass is 10.00. The monoisotopic (exact) mass is 470 g/mol. The second kappa shape index (κ2) is 9.29. The molecule has 0 aliphatic heterocycles. The molecule has 34 heavy (non-hydrogen) atoms. The van der Waals surface area contributed by atoms with Crippen LogP contribution in [0.3, 0.4) is 0 Å². The molecule has 2 aromatic heterocycles. The minimum Gasteiger partial charge on any atom is -0.484 e. The van der Waals surface area contributed by atoms with E-state index in [0.29, 0.717) is 40.1 Å². The maximum absolute atomic E-state index is 14.8. The van der Waals surface area contributed by atoms with E-state index in [9.17, 15) is 22.4 Å². The van der Waals surface area contributed by atoms with E-state index in [1.54, 1.807) is 23.5 Å². The first-order valence-corrected chi connectivity index (χ1v) is 10.7. The number of alkyl halides is 3. The zero-order valence-corrected chi connectivity index (χ0v) is 18.6. The van der Waals surface area contributed by atoms with Gasteiger partial charge in [0, 0.05) is 18.2 Å². The summed E-state index contributed by atoms with van der Waals surface area (Å²) in [6.45, 7) is 2.37. The first-order chi connectivity index (χ1) is 16.1. The van der Waals surface area contributed by atoms with E-state index < -0.39 is 18.6 Å². The molecule has 0 fully saturated rings. The summed E-state index contributed by atoms with van der Waals surface area (Å²) < 4.78 is 58.0. The molecule has 176 valence electrons. The van der Waals surface area contributed by atoms with Crippen LogP contribution in [-0.2, 0) is 6.42 Å². The molecule has 0 atom stereocenters. The maximum Gasteiger partial charge on any atom is 0.422 e. The van der Waals surface area contributed by atoms with Gasteiger partial charge in [0.2, 0.25) is 0 Å². The number of fused-ring (bicyclic) bond motifs is 1. The number of aryl methyl sites for hydroxylation is 3. The topological polar surface area (TPSA) is 43.6 Å². The van der Waals surface area contributed by atoms with Crippen molar-refractivity contribution in [2.75, 3.05) is 6.61 Å². The number of carbonyl (C=O) groups excluding carboxylic acids is 1. The summed E-state index contributed by atoms with van der Waals surface area (Å²) in [4.78, 5) is 17.3. The second-order valence-electron chi connectivity index (χ2n) is 8.14. The summed E-state index contributed by atoms with van der Waals surface area (Å²) in [6.07, 6.45) is -2.04. The van der Waals surface area contributed by atoms with Crippen molar-refractivity contribution in [1.82, 2.24) is 9.38 Å². The van der Waals surface area contributed by atoms with E-state index in [-0.39, 0.29) is 18.0 Å². The molecule has 0 N–H and O–H groups in total. The lowest BCUT2D eigenvalue weighted by Gasteiger charge is -2.10. The van der Waals surface area contributed by atoms with Gasteiger partial charge in [0.25, 0.3) is 0 Å². The molecular weight excluding hydrogens is 448 g/mol. The summed E-state index contributed by atoms with van der Waals surface area (Å²) in [5.41, 5.74) is 4.44. The number of halogens is 4. The predicted octanol–water partition coefficient (Wildman–Crippen LogP) is 6.51. The molecule has 4 nitrogen and oxygen atoms in total. The minimum absolute atomic E-state index is 0.0504. The molecule has 0 unspecified atom stereocenters. The first kappa shape index (κ1) is 23.5. The van der Waals surface area contributed by atoms with E-state index in [2.05, 4.69) is 9.72 Å². The molecule has 0 saturated heterocycles. The zero-order chi connectivity index (χ0) is 24.5. The molecule has 4 aromatic rings. The van der Waals surface area contributed by atoms with Crippen molar-refractivity contribution in [2.45, 2.75) is 32.9 Å². The molecular formula is C26H22F4N2O2. The van der Waals surface area contributed by atoms with Crippen LogP contribution in [0.25, 0.3) is 16.8 Å². The molecule has 0 aliphatic rings. The van der Waals surface area contributed by atoms with Crippen molar-refractivity contribution >= 4 is 11.4 Å². The van der Waals surface area contributed by atoms with Gasteiger partial charge < -0.3 is 4.74 Å². The third-order valence-corrected chi connectivity index (χ3v) is 5.46. The molecule has 2 aromatic carbocycles. The average Bonchev–Trinajstić information content (AvgIpc) is 3.11. The van der Waals surface area contributed by atoms with Crippen LogP contribution in [-0.4, -0.2) is 28.0 Å². The van der Waals surface area contributed by atoms with Gasteiger partial charge in [-0.1, -0.05) is 24.3 Å². The van der Waals surface area contributed by atoms with Gasteiger partial charge in [-0.25, -0.2) is 9.37 Å². The Bertz CT molecular complexity index is 1340. The Morgan fingerprint density at radius 1 is 1.03 bits per heavy atom. The van der Waals surface area contributed by atoms with Gasteiger partial charge in [-0.2, -0.15) is 13.2 Å². The number of ether oxygens (including phenoxy) is 1. The summed E-state index contributed by atoms with van der Waals surface area (Å²) in [6, 6.07) is 14.3. The maximum atomic E-state index is 14.8. The molecule has 0 bridgehead atoms. The molecule has 0 saturated carbocycles. The Kier molecular flexibility index (Phi) is 6.41. The number of pyridine rings is 1.